The van der Waals surface area contributed by atoms with Crippen LogP contribution >= 0.6 is 0 Å². The SMILES string of the molecule is COCCCCNC(=O)c1ccc(OC)c(C#CCN)c1. The number of hydrogen-bond acceptors (Lipinski definition) is 4. The molecule has 5 heteroatoms. The number of hydrogen-bond donors (Lipinski definition) is 2. The highest BCUT2D eigenvalue weighted by molar-refractivity contribution is 5.94. The fourth-order valence-electron chi connectivity index (χ4n) is 1.77. The number of benzene rings is 1. The van der Waals surface area contributed by atoms with Crippen molar-refractivity contribution >= 4 is 5.91 Å². The molecule has 0 aliphatic heterocycles. The van der Waals surface area contributed by atoms with Crippen molar-refractivity contribution in [3.05, 3.63) is 29.3 Å². The monoisotopic (exact) mass is 290 g/mol. The van der Waals surface area contributed by atoms with Gasteiger partial charge in [-0.1, -0.05) is 11.8 Å². The Kier molecular flexibility index (Phi) is 7.95. The largest absolute Gasteiger partial charge is 0.495 e. The molecule has 114 valence electrons. The first-order valence-electron chi connectivity index (χ1n) is 6.87. The Bertz CT molecular complexity index is 518. The van der Waals surface area contributed by atoms with Gasteiger partial charge in [0.2, 0.25) is 0 Å². The molecule has 0 unspecified atom stereocenters. The second-order valence-corrected chi connectivity index (χ2v) is 4.38. The molecule has 0 radical (unpaired) electrons. The summed E-state index contributed by atoms with van der Waals surface area (Å²) in [5.41, 5.74) is 6.59. The molecule has 3 N–H and O–H groups in total. The fourth-order valence-corrected chi connectivity index (χ4v) is 1.77. The molecule has 0 saturated carbocycles. The lowest BCUT2D eigenvalue weighted by molar-refractivity contribution is 0.0951. The van der Waals surface area contributed by atoms with E-state index in [4.69, 9.17) is 15.2 Å². The highest BCUT2D eigenvalue weighted by Gasteiger charge is 2.08. The predicted octanol–water partition coefficient (Wildman–Crippen LogP) is 1.16. The Morgan fingerprint density at radius 1 is 1.33 bits per heavy atom. The lowest BCUT2D eigenvalue weighted by atomic mass is 10.1. The first kappa shape index (κ1) is 17.0. The molecule has 0 heterocycles. The van der Waals surface area contributed by atoms with Crippen molar-refractivity contribution in [3.63, 3.8) is 0 Å². The third kappa shape index (κ3) is 5.86. The summed E-state index contributed by atoms with van der Waals surface area (Å²) < 4.78 is 10.2. The number of nitrogens with two attached hydrogens (primary N) is 1. The molecular formula is C16H22N2O3. The van der Waals surface area contributed by atoms with Gasteiger partial charge >= 0.3 is 0 Å². The summed E-state index contributed by atoms with van der Waals surface area (Å²) in [6, 6.07) is 5.17. The van der Waals surface area contributed by atoms with Crippen LogP contribution < -0.4 is 15.8 Å². The summed E-state index contributed by atoms with van der Waals surface area (Å²) in [6.07, 6.45) is 1.81. The van der Waals surface area contributed by atoms with E-state index in [0.29, 0.717) is 30.0 Å². The minimum atomic E-state index is -0.120. The first-order valence-corrected chi connectivity index (χ1v) is 6.87. The van der Waals surface area contributed by atoms with Crippen LogP contribution in [0.15, 0.2) is 18.2 Å². The lowest BCUT2D eigenvalue weighted by Crippen LogP contribution is -2.24. The van der Waals surface area contributed by atoms with Gasteiger partial charge in [0.1, 0.15) is 5.75 Å². The maximum atomic E-state index is 12.0. The maximum Gasteiger partial charge on any atom is 0.251 e. The quantitative estimate of drug-likeness (QED) is 0.584. The summed E-state index contributed by atoms with van der Waals surface area (Å²) in [4.78, 5) is 12.0. The molecule has 1 rings (SSSR count). The summed E-state index contributed by atoms with van der Waals surface area (Å²) in [7, 11) is 3.23. The van der Waals surface area contributed by atoms with Gasteiger partial charge in [-0.3, -0.25) is 4.79 Å². The number of carbonyl (C=O) groups excluding carboxylic acids is 1. The summed E-state index contributed by atoms with van der Waals surface area (Å²) >= 11 is 0. The average molecular weight is 290 g/mol. The topological polar surface area (TPSA) is 73.6 Å². The lowest BCUT2D eigenvalue weighted by Gasteiger charge is -2.08. The smallest absolute Gasteiger partial charge is 0.251 e. The van der Waals surface area contributed by atoms with Crippen molar-refractivity contribution in [1.29, 1.82) is 0 Å². The van der Waals surface area contributed by atoms with Crippen LogP contribution in [-0.2, 0) is 4.74 Å². The third-order valence-corrected chi connectivity index (χ3v) is 2.85. The molecular weight excluding hydrogens is 268 g/mol. The summed E-state index contributed by atoms with van der Waals surface area (Å²) in [5, 5.41) is 2.87. The van der Waals surface area contributed by atoms with Gasteiger partial charge in [-0.2, -0.15) is 0 Å². The predicted molar refractivity (Wildman–Crippen MR) is 82.4 cm³/mol. The van der Waals surface area contributed by atoms with Crippen LogP contribution in [0.2, 0.25) is 0 Å². The number of ether oxygens (including phenoxy) is 2. The van der Waals surface area contributed by atoms with Crippen molar-refractivity contribution in [2.24, 2.45) is 5.73 Å². The molecule has 21 heavy (non-hydrogen) atoms. The molecule has 0 aliphatic rings. The van der Waals surface area contributed by atoms with Crippen LogP contribution in [0.3, 0.4) is 0 Å². The van der Waals surface area contributed by atoms with E-state index in [1.807, 2.05) is 0 Å². The molecule has 1 amide bonds. The van der Waals surface area contributed by atoms with Gasteiger partial charge in [0.25, 0.3) is 5.91 Å². The van der Waals surface area contributed by atoms with Crippen molar-refractivity contribution in [1.82, 2.24) is 5.32 Å². The van der Waals surface area contributed by atoms with Crippen LogP contribution in [0.5, 0.6) is 5.75 Å². The van der Waals surface area contributed by atoms with Gasteiger partial charge in [-0.15, -0.1) is 0 Å². The van der Waals surface area contributed by atoms with E-state index in [-0.39, 0.29) is 12.5 Å². The Morgan fingerprint density at radius 3 is 2.81 bits per heavy atom. The van der Waals surface area contributed by atoms with E-state index in [9.17, 15) is 4.79 Å². The zero-order valence-electron chi connectivity index (χ0n) is 12.6. The zero-order chi connectivity index (χ0) is 15.5. The molecule has 0 fully saturated rings. The zero-order valence-corrected chi connectivity index (χ0v) is 12.6. The van der Waals surface area contributed by atoms with Gasteiger partial charge < -0.3 is 20.5 Å². The molecule has 0 aromatic heterocycles. The third-order valence-electron chi connectivity index (χ3n) is 2.85. The van der Waals surface area contributed by atoms with Gasteiger partial charge in [0, 0.05) is 25.8 Å². The minimum Gasteiger partial charge on any atom is -0.495 e. The van der Waals surface area contributed by atoms with Crippen molar-refractivity contribution in [3.8, 4) is 17.6 Å². The maximum absolute atomic E-state index is 12.0. The molecule has 1 aromatic carbocycles. The van der Waals surface area contributed by atoms with E-state index < -0.39 is 0 Å². The average Bonchev–Trinajstić information content (AvgIpc) is 2.52. The number of carbonyl (C=O) groups is 1. The minimum absolute atomic E-state index is 0.120. The standard InChI is InChI=1S/C16H22N2O3/c1-20-11-4-3-10-18-16(19)14-7-8-15(21-2)13(12-14)6-5-9-17/h7-8,12H,3-4,9-11,17H2,1-2H3,(H,18,19). The van der Waals surface area contributed by atoms with Crippen molar-refractivity contribution < 1.29 is 14.3 Å². The van der Waals surface area contributed by atoms with Crippen LogP contribution in [0.4, 0.5) is 0 Å². The van der Waals surface area contributed by atoms with Gasteiger partial charge in [-0.05, 0) is 31.0 Å². The molecule has 5 nitrogen and oxygen atoms in total. The van der Waals surface area contributed by atoms with Crippen LogP contribution in [0.1, 0.15) is 28.8 Å². The highest BCUT2D eigenvalue weighted by Crippen LogP contribution is 2.18. The van der Waals surface area contributed by atoms with Crippen LogP contribution in [0.25, 0.3) is 0 Å². The highest BCUT2D eigenvalue weighted by atomic mass is 16.5. The normalized spacial score (nSPS) is 9.67. The van der Waals surface area contributed by atoms with E-state index in [1.54, 1.807) is 32.4 Å². The number of rotatable bonds is 7. The van der Waals surface area contributed by atoms with Gasteiger partial charge in [0.05, 0.1) is 19.2 Å². The Balaban J connectivity index is 2.67. The molecule has 0 saturated heterocycles. The molecule has 0 aliphatic carbocycles. The van der Waals surface area contributed by atoms with E-state index >= 15 is 0 Å². The van der Waals surface area contributed by atoms with E-state index in [2.05, 4.69) is 17.2 Å². The number of unbranched alkanes of at least 4 members (excludes halogenated alkanes) is 1. The number of amides is 1. The van der Waals surface area contributed by atoms with Crippen LogP contribution in [0, 0.1) is 11.8 Å². The molecule has 0 bridgehead atoms. The number of methoxy groups -OCH3 is 2. The molecule has 1 aromatic rings. The van der Waals surface area contributed by atoms with Crippen LogP contribution in [-0.4, -0.2) is 39.8 Å². The molecule has 0 atom stereocenters. The Morgan fingerprint density at radius 2 is 2.14 bits per heavy atom. The molecule has 0 spiro atoms. The Labute approximate surface area is 125 Å². The second-order valence-electron chi connectivity index (χ2n) is 4.38. The van der Waals surface area contributed by atoms with Crippen molar-refractivity contribution in [2.75, 3.05) is 33.9 Å². The van der Waals surface area contributed by atoms with Gasteiger partial charge in [-0.25, -0.2) is 0 Å². The van der Waals surface area contributed by atoms with Gasteiger partial charge in [0.15, 0.2) is 0 Å². The summed E-state index contributed by atoms with van der Waals surface area (Å²) in [6.45, 7) is 1.59. The second kappa shape index (κ2) is 9.81. The fraction of sp³-hybridized carbons (Fsp3) is 0.438. The van der Waals surface area contributed by atoms with E-state index in [0.717, 1.165) is 12.8 Å². The first-order chi connectivity index (χ1) is 10.2. The van der Waals surface area contributed by atoms with Crippen molar-refractivity contribution in [2.45, 2.75) is 12.8 Å². The number of nitrogens with one attached hydrogen (secondary N) is 1. The van der Waals surface area contributed by atoms with E-state index in [1.165, 1.54) is 0 Å². The Hall–Kier alpha value is -2.03. The summed E-state index contributed by atoms with van der Waals surface area (Å²) in [5.74, 6) is 6.18.